The zero-order valence-electron chi connectivity index (χ0n) is 13.2. The molecule has 0 bridgehead atoms. The summed E-state index contributed by atoms with van der Waals surface area (Å²) in [6.45, 7) is 3.81. The summed E-state index contributed by atoms with van der Waals surface area (Å²) >= 11 is 2.47. The first-order valence-electron chi connectivity index (χ1n) is 7.47. The highest BCUT2D eigenvalue weighted by Gasteiger charge is 2.19. The van der Waals surface area contributed by atoms with Gasteiger partial charge in [-0.3, -0.25) is 9.59 Å². The molecule has 0 spiro atoms. The Bertz CT molecular complexity index is 945. The Morgan fingerprint density at radius 1 is 1.38 bits per heavy atom. The van der Waals surface area contributed by atoms with Crippen molar-refractivity contribution in [3.05, 3.63) is 45.6 Å². The number of aromatic nitrogens is 2. The number of aromatic amines is 1. The van der Waals surface area contributed by atoms with Crippen LogP contribution >= 0.6 is 23.1 Å². The summed E-state index contributed by atoms with van der Waals surface area (Å²) in [7, 11) is 0. The number of thiophene rings is 1. The number of carboxylic acid groups (broad SMARTS) is 1. The van der Waals surface area contributed by atoms with E-state index in [1.54, 1.807) is 6.92 Å². The van der Waals surface area contributed by atoms with Crippen LogP contribution in [0.5, 0.6) is 0 Å². The van der Waals surface area contributed by atoms with Gasteiger partial charge in [-0.2, -0.15) is 0 Å². The highest BCUT2D eigenvalue weighted by Crippen LogP contribution is 2.32. The highest BCUT2D eigenvalue weighted by molar-refractivity contribution is 8.00. The molecule has 7 heteroatoms. The Balaban J connectivity index is 2.04. The molecule has 1 atom stereocenters. The van der Waals surface area contributed by atoms with Gasteiger partial charge in [-0.05, 0) is 18.9 Å². The maximum absolute atomic E-state index is 12.5. The lowest BCUT2D eigenvalue weighted by Crippen LogP contribution is -2.17. The van der Waals surface area contributed by atoms with Gasteiger partial charge in [0.15, 0.2) is 5.16 Å². The average molecular weight is 360 g/mol. The minimum Gasteiger partial charge on any atom is -0.480 e. The summed E-state index contributed by atoms with van der Waals surface area (Å²) in [5, 5.41) is 11.3. The highest BCUT2D eigenvalue weighted by atomic mass is 32.2. The fourth-order valence-corrected chi connectivity index (χ4v) is 4.21. The molecular weight excluding hydrogens is 344 g/mol. The molecule has 0 saturated carbocycles. The van der Waals surface area contributed by atoms with Gasteiger partial charge < -0.3 is 10.1 Å². The third-order valence-corrected chi connectivity index (χ3v) is 5.79. The second-order valence-corrected chi connectivity index (χ2v) is 7.47. The number of thioether (sulfide) groups is 1. The first-order chi connectivity index (χ1) is 11.5. The maximum atomic E-state index is 12.5. The molecule has 0 amide bonds. The number of benzene rings is 1. The quantitative estimate of drug-likeness (QED) is 0.532. The van der Waals surface area contributed by atoms with Gasteiger partial charge in [0.2, 0.25) is 0 Å². The van der Waals surface area contributed by atoms with Gasteiger partial charge in [0.25, 0.3) is 5.56 Å². The molecule has 124 valence electrons. The Kier molecular flexibility index (Phi) is 4.73. The van der Waals surface area contributed by atoms with Crippen LogP contribution in [0.25, 0.3) is 21.3 Å². The fraction of sp³-hybridized carbons (Fsp3) is 0.235. The number of hydrogen-bond acceptors (Lipinski definition) is 5. The van der Waals surface area contributed by atoms with Gasteiger partial charge in [0.1, 0.15) is 10.1 Å². The number of nitrogens with one attached hydrogen (secondary N) is 1. The van der Waals surface area contributed by atoms with Crippen molar-refractivity contribution in [3.8, 4) is 11.1 Å². The predicted molar refractivity (Wildman–Crippen MR) is 98.0 cm³/mol. The van der Waals surface area contributed by atoms with Crippen molar-refractivity contribution < 1.29 is 9.90 Å². The SMILES string of the molecule is CC[C@H](Sc1nc2scc(-c3ccc(C)cc3)c2c(=O)[nH]1)C(=O)O. The van der Waals surface area contributed by atoms with Crippen LogP contribution in [-0.2, 0) is 4.79 Å². The van der Waals surface area contributed by atoms with E-state index < -0.39 is 11.2 Å². The molecule has 2 N–H and O–H groups in total. The third kappa shape index (κ3) is 3.22. The van der Waals surface area contributed by atoms with E-state index in [0.29, 0.717) is 21.8 Å². The lowest BCUT2D eigenvalue weighted by molar-refractivity contribution is -0.136. The van der Waals surface area contributed by atoms with E-state index in [4.69, 9.17) is 5.11 Å². The summed E-state index contributed by atoms with van der Waals surface area (Å²) in [6.07, 6.45) is 0.459. The van der Waals surface area contributed by atoms with Crippen molar-refractivity contribution in [2.45, 2.75) is 30.7 Å². The number of aryl methyl sites for hydroxylation is 1. The van der Waals surface area contributed by atoms with Crippen molar-refractivity contribution in [1.82, 2.24) is 9.97 Å². The molecule has 2 heterocycles. The Morgan fingerprint density at radius 3 is 2.71 bits per heavy atom. The van der Waals surface area contributed by atoms with Crippen molar-refractivity contribution >= 4 is 39.3 Å². The number of aliphatic carboxylic acids is 1. The monoisotopic (exact) mass is 360 g/mol. The fourth-order valence-electron chi connectivity index (χ4n) is 2.37. The van der Waals surface area contributed by atoms with Gasteiger partial charge in [0.05, 0.1) is 5.39 Å². The van der Waals surface area contributed by atoms with E-state index in [9.17, 15) is 9.59 Å². The number of nitrogens with zero attached hydrogens (tertiary/aromatic N) is 1. The lowest BCUT2D eigenvalue weighted by atomic mass is 10.1. The second-order valence-electron chi connectivity index (χ2n) is 5.42. The standard InChI is InChI=1S/C17H16N2O3S2/c1-3-12(16(21)22)24-17-18-14(20)13-11(8-23-15(13)19-17)10-6-4-9(2)5-7-10/h4-8,12H,3H2,1-2H3,(H,21,22)(H,18,19,20)/t12-/m0/s1. The molecule has 0 saturated heterocycles. The molecule has 1 aromatic carbocycles. The van der Waals surface area contributed by atoms with E-state index >= 15 is 0 Å². The number of carboxylic acids is 1. The van der Waals surface area contributed by atoms with E-state index in [2.05, 4.69) is 9.97 Å². The Hall–Kier alpha value is -2.12. The smallest absolute Gasteiger partial charge is 0.317 e. The minimum atomic E-state index is -0.906. The van der Waals surface area contributed by atoms with Crippen LogP contribution in [0.15, 0.2) is 39.6 Å². The zero-order valence-corrected chi connectivity index (χ0v) is 14.8. The number of fused-ring (bicyclic) bond motifs is 1. The van der Waals surface area contributed by atoms with Crippen LogP contribution in [0.2, 0.25) is 0 Å². The normalized spacial score (nSPS) is 12.4. The van der Waals surface area contributed by atoms with Crippen LogP contribution in [0.3, 0.4) is 0 Å². The molecule has 0 aliphatic heterocycles. The molecule has 0 radical (unpaired) electrons. The van der Waals surface area contributed by atoms with E-state index in [1.807, 2.05) is 36.6 Å². The van der Waals surface area contributed by atoms with E-state index in [-0.39, 0.29) is 5.56 Å². The zero-order chi connectivity index (χ0) is 17.3. The van der Waals surface area contributed by atoms with Gasteiger partial charge in [-0.1, -0.05) is 48.5 Å². The molecule has 0 aliphatic rings. The molecule has 3 aromatic rings. The summed E-state index contributed by atoms with van der Waals surface area (Å²) in [5.41, 5.74) is 2.74. The van der Waals surface area contributed by atoms with Crippen LogP contribution in [0.1, 0.15) is 18.9 Å². The molecule has 0 aliphatic carbocycles. The molecule has 0 unspecified atom stereocenters. The van der Waals surface area contributed by atoms with Crippen molar-refractivity contribution in [1.29, 1.82) is 0 Å². The molecule has 2 aromatic heterocycles. The number of carbonyl (C=O) groups is 1. The molecule has 3 rings (SSSR count). The molecule has 5 nitrogen and oxygen atoms in total. The van der Waals surface area contributed by atoms with Crippen LogP contribution in [-0.4, -0.2) is 26.3 Å². The van der Waals surface area contributed by atoms with Crippen molar-refractivity contribution in [2.24, 2.45) is 0 Å². The van der Waals surface area contributed by atoms with Crippen molar-refractivity contribution in [2.75, 3.05) is 0 Å². The minimum absolute atomic E-state index is 0.237. The third-order valence-electron chi connectivity index (χ3n) is 3.68. The number of rotatable bonds is 5. The summed E-state index contributed by atoms with van der Waals surface area (Å²) in [6, 6.07) is 7.97. The van der Waals surface area contributed by atoms with Crippen LogP contribution in [0, 0.1) is 6.92 Å². The van der Waals surface area contributed by atoms with E-state index in [0.717, 1.165) is 28.5 Å². The summed E-state index contributed by atoms with van der Waals surface area (Å²) in [4.78, 5) is 31.4. The number of hydrogen-bond donors (Lipinski definition) is 2. The second kappa shape index (κ2) is 6.78. The topological polar surface area (TPSA) is 83.0 Å². The predicted octanol–water partition coefficient (Wildman–Crippen LogP) is 3.92. The Labute approximate surface area is 146 Å². The van der Waals surface area contributed by atoms with Crippen LogP contribution in [0.4, 0.5) is 0 Å². The van der Waals surface area contributed by atoms with E-state index in [1.165, 1.54) is 11.3 Å². The van der Waals surface area contributed by atoms with Gasteiger partial charge in [0, 0.05) is 10.9 Å². The number of H-pyrrole nitrogens is 1. The first-order valence-corrected chi connectivity index (χ1v) is 9.23. The average Bonchev–Trinajstić information content (AvgIpc) is 2.97. The first kappa shape index (κ1) is 16.7. The van der Waals surface area contributed by atoms with Crippen LogP contribution < -0.4 is 5.56 Å². The Morgan fingerprint density at radius 2 is 2.08 bits per heavy atom. The largest absolute Gasteiger partial charge is 0.480 e. The molecule has 24 heavy (non-hydrogen) atoms. The summed E-state index contributed by atoms with van der Waals surface area (Å²) < 4.78 is 0. The lowest BCUT2D eigenvalue weighted by Gasteiger charge is -2.08. The maximum Gasteiger partial charge on any atom is 0.317 e. The molecule has 0 fully saturated rings. The van der Waals surface area contributed by atoms with Gasteiger partial charge in [-0.25, -0.2) is 4.98 Å². The molecular formula is C17H16N2O3S2. The van der Waals surface area contributed by atoms with Crippen molar-refractivity contribution in [3.63, 3.8) is 0 Å². The van der Waals surface area contributed by atoms with Gasteiger partial charge in [-0.15, -0.1) is 11.3 Å². The summed E-state index contributed by atoms with van der Waals surface area (Å²) in [5.74, 6) is -0.906. The van der Waals surface area contributed by atoms with Gasteiger partial charge >= 0.3 is 5.97 Å².